The Morgan fingerprint density at radius 1 is 0.957 bits per heavy atom. The third-order valence-electron chi connectivity index (χ3n) is 3.66. The van der Waals surface area contributed by atoms with Crippen LogP contribution in [0.4, 0.5) is 5.69 Å². The summed E-state index contributed by atoms with van der Waals surface area (Å²) in [6.45, 7) is 0. The Morgan fingerprint density at radius 2 is 1.65 bits per heavy atom. The summed E-state index contributed by atoms with van der Waals surface area (Å²) in [6, 6.07) is 21.2. The molecule has 0 aliphatic rings. The zero-order valence-electron chi connectivity index (χ0n) is 12.6. The van der Waals surface area contributed by atoms with Gasteiger partial charge in [0.25, 0.3) is 5.84 Å². The highest BCUT2D eigenvalue weighted by Gasteiger charge is 2.06. The third kappa shape index (κ3) is 3.55. The second-order valence-electron chi connectivity index (χ2n) is 5.44. The fourth-order valence-electron chi connectivity index (χ4n) is 2.49. The van der Waals surface area contributed by atoms with Crippen LogP contribution in [-0.2, 0) is 11.2 Å². The Morgan fingerprint density at radius 3 is 2.39 bits per heavy atom. The number of carbonyl (C=O) groups excluding carboxylic acids is 1. The predicted octanol–water partition coefficient (Wildman–Crippen LogP) is 1.49. The molecule has 0 aliphatic heterocycles. The normalized spacial score (nSPS) is 10.4. The molecule has 0 spiro atoms. The van der Waals surface area contributed by atoms with Gasteiger partial charge in [0.15, 0.2) is 0 Å². The van der Waals surface area contributed by atoms with Gasteiger partial charge in [-0.05, 0) is 40.6 Å². The van der Waals surface area contributed by atoms with Crippen LogP contribution < -0.4 is 16.5 Å². The number of amides is 1. The molecule has 0 heterocycles. The molecule has 0 bridgehead atoms. The lowest BCUT2D eigenvalue weighted by molar-refractivity contribution is -0.116. The lowest BCUT2D eigenvalue weighted by Gasteiger charge is -2.07. The maximum atomic E-state index is 12.1. The molecule has 5 N–H and O–H groups in total. The van der Waals surface area contributed by atoms with Gasteiger partial charge in [-0.3, -0.25) is 15.9 Å². The molecule has 0 atom stereocenters. The first-order valence-corrected chi connectivity index (χ1v) is 7.38. The van der Waals surface area contributed by atoms with Crippen LogP contribution >= 0.6 is 0 Å². The number of nitrogens with two attached hydrogens (primary N) is 2. The maximum absolute atomic E-state index is 12.1. The minimum Gasteiger partial charge on any atom is -0.326 e. The molecule has 4 nitrogen and oxygen atoms in total. The van der Waals surface area contributed by atoms with Crippen molar-refractivity contribution in [1.29, 1.82) is 0 Å². The van der Waals surface area contributed by atoms with Crippen LogP contribution in [0, 0.1) is 0 Å². The van der Waals surface area contributed by atoms with Gasteiger partial charge in [-0.15, -0.1) is 0 Å². The first-order valence-electron chi connectivity index (χ1n) is 7.38. The summed E-state index contributed by atoms with van der Waals surface area (Å²) < 4.78 is 0. The quantitative estimate of drug-likeness (QED) is 0.504. The molecule has 3 aromatic rings. The molecule has 0 saturated carbocycles. The Balaban J connectivity index is 1.77. The van der Waals surface area contributed by atoms with Crippen molar-refractivity contribution in [3.05, 3.63) is 77.9 Å². The van der Waals surface area contributed by atoms with Crippen LogP contribution in [0.25, 0.3) is 10.8 Å². The fourth-order valence-corrected chi connectivity index (χ4v) is 2.49. The van der Waals surface area contributed by atoms with Crippen molar-refractivity contribution < 1.29 is 10.2 Å². The molecule has 3 rings (SSSR count). The van der Waals surface area contributed by atoms with Crippen molar-refractivity contribution in [2.75, 3.05) is 5.32 Å². The molecular weight excluding hydrogens is 286 g/mol. The van der Waals surface area contributed by atoms with Crippen molar-refractivity contribution in [1.82, 2.24) is 0 Å². The van der Waals surface area contributed by atoms with Gasteiger partial charge in [0, 0.05) is 5.69 Å². The second-order valence-corrected chi connectivity index (χ2v) is 5.44. The Hall–Kier alpha value is -3.14. The lowest BCUT2D eigenvalue weighted by Crippen LogP contribution is -2.46. The number of carbonyl (C=O) groups is 1. The first kappa shape index (κ1) is 14.8. The summed E-state index contributed by atoms with van der Waals surface area (Å²) >= 11 is 0. The fraction of sp³-hybridized carbons (Fsp3) is 0.0526. The molecule has 3 aromatic carbocycles. The van der Waals surface area contributed by atoms with Gasteiger partial charge in [-0.25, -0.2) is 0 Å². The van der Waals surface area contributed by atoms with E-state index < -0.39 is 0 Å². The minimum absolute atomic E-state index is 0.0355. The number of hydrogen-bond donors (Lipinski definition) is 3. The number of anilines is 1. The Labute approximate surface area is 134 Å². The highest BCUT2D eigenvalue weighted by molar-refractivity contribution is 5.99. The van der Waals surface area contributed by atoms with E-state index in [1.54, 1.807) is 0 Å². The third-order valence-corrected chi connectivity index (χ3v) is 3.66. The molecule has 0 aromatic heterocycles. The van der Waals surface area contributed by atoms with Crippen molar-refractivity contribution in [3.8, 4) is 0 Å². The number of hydrogen-bond acceptors (Lipinski definition) is 1. The standard InChI is InChI=1S/C19H17N3O/c20-19(21)16-7-6-15-12-17(9-8-14(15)11-16)22-18(23)10-13-4-2-1-3-5-13/h1-9,11-12H,10H2,(H3,20,21)(H,22,23)/p+1. The molecule has 114 valence electrons. The summed E-state index contributed by atoms with van der Waals surface area (Å²) in [7, 11) is 0. The van der Waals surface area contributed by atoms with E-state index >= 15 is 0 Å². The number of nitrogens with one attached hydrogen (secondary N) is 1. The highest BCUT2D eigenvalue weighted by Crippen LogP contribution is 2.20. The van der Waals surface area contributed by atoms with Crippen LogP contribution in [0.1, 0.15) is 11.1 Å². The van der Waals surface area contributed by atoms with Crippen LogP contribution in [0.15, 0.2) is 66.7 Å². The van der Waals surface area contributed by atoms with Crippen LogP contribution in [0.2, 0.25) is 0 Å². The average Bonchev–Trinajstić information content (AvgIpc) is 2.55. The highest BCUT2D eigenvalue weighted by atomic mass is 16.1. The van der Waals surface area contributed by atoms with Gasteiger partial charge < -0.3 is 5.32 Å². The van der Waals surface area contributed by atoms with Gasteiger partial charge in [-0.2, -0.15) is 0 Å². The molecule has 0 fully saturated rings. The monoisotopic (exact) mass is 304 g/mol. The summed E-state index contributed by atoms with van der Waals surface area (Å²) in [4.78, 5) is 12.1. The van der Waals surface area contributed by atoms with Crippen molar-refractivity contribution >= 4 is 28.2 Å². The van der Waals surface area contributed by atoms with E-state index in [1.165, 1.54) is 0 Å². The summed E-state index contributed by atoms with van der Waals surface area (Å²) in [5.41, 5.74) is 8.18. The van der Waals surface area contributed by atoms with E-state index in [0.29, 0.717) is 12.3 Å². The first-order chi connectivity index (χ1) is 11.1. The second kappa shape index (κ2) is 6.32. The minimum atomic E-state index is -0.0355. The average molecular weight is 304 g/mol. The van der Waals surface area contributed by atoms with Gasteiger partial charge in [-0.1, -0.05) is 42.5 Å². The van der Waals surface area contributed by atoms with E-state index in [1.807, 2.05) is 66.7 Å². The van der Waals surface area contributed by atoms with Crippen molar-refractivity contribution in [3.63, 3.8) is 0 Å². The summed E-state index contributed by atoms with van der Waals surface area (Å²) in [5, 5.41) is 10.6. The topological polar surface area (TPSA) is 80.7 Å². The molecule has 1 amide bonds. The van der Waals surface area contributed by atoms with E-state index in [9.17, 15) is 4.79 Å². The summed E-state index contributed by atoms with van der Waals surface area (Å²) in [6.07, 6.45) is 0.358. The van der Waals surface area contributed by atoms with E-state index in [4.69, 9.17) is 11.1 Å². The number of fused-ring (bicyclic) bond motifs is 1. The molecule has 4 heteroatoms. The predicted molar refractivity (Wildman–Crippen MR) is 92.9 cm³/mol. The molecule has 0 aliphatic carbocycles. The Kier molecular flexibility index (Phi) is 4.06. The van der Waals surface area contributed by atoms with Crippen molar-refractivity contribution in [2.24, 2.45) is 5.73 Å². The van der Waals surface area contributed by atoms with Gasteiger partial charge in [0.2, 0.25) is 5.91 Å². The van der Waals surface area contributed by atoms with Crippen LogP contribution in [0.5, 0.6) is 0 Å². The van der Waals surface area contributed by atoms with Crippen LogP contribution in [-0.4, -0.2) is 11.7 Å². The molecular formula is C19H18N3O+. The molecule has 0 unspecified atom stereocenters. The lowest BCUT2D eigenvalue weighted by atomic mass is 10.1. The summed E-state index contributed by atoms with van der Waals surface area (Å²) in [5.74, 6) is 0.263. The Bertz CT molecular complexity index is 872. The van der Waals surface area contributed by atoms with E-state index in [-0.39, 0.29) is 5.91 Å². The zero-order valence-corrected chi connectivity index (χ0v) is 12.6. The number of benzene rings is 3. The van der Waals surface area contributed by atoms with Gasteiger partial charge in [0.05, 0.1) is 12.0 Å². The van der Waals surface area contributed by atoms with Crippen LogP contribution in [0.3, 0.4) is 0 Å². The number of amidine groups is 1. The van der Waals surface area contributed by atoms with E-state index in [2.05, 4.69) is 5.32 Å². The molecule has 0 saturated heterocycles. The zero-order chi connectivity index (χ0) is 16.2. The SMILES string of the molecule is NC(=[NH2+])c1ccc2cc(NC(=O)Cc3ccccc3)ccc2c1. The van der Waals surface area contributed by atoms with Gasteiger partial charge in [0.1, 0.15) is 0 Å². The largest absolute Gasteiger partial charge is 0.326 e. The number of rotatable bonds is 4. The molecule has 23 heavy (non-hydrogen) atoms. The molecule has 0 radical (unpaired) electrons. The smallest absolute Gasteiger partial charge is 0.270 e. The van der Waals surface area contributed by atoms with Gasteiger partial charge >= 0.3 is 0 Å². The van der Waals surface area contributed by atoms with E-state index in [0.717, 1.165) is 27.6 Å². The maximum Gasteiger partial charge on any atom is 0.270 e. The van der Waals surface area contributed by atoms with Crippen molar-refractivity contribution in [2.45, 2.75) is 6.42 Å².